The van der Waals surface area contributed by atoms with E-state index in [1.165, 1.54) is 11.8 Å². The number of carboxylic acid groups (broad SMARTS) is 1. The number of nitrogens with zero attached hydrogens (tertiary/aromatic N) is 2. The molecule has 0 aliphatic heterocycles. The van der Waals surface area contributed by atoms with Crippen molar-refractivity contribution in [3.8, 4) is 0 Å². The highest BCUT2D eigenvalue weighted by molar-refractivity contribution is 7.99. The minimum absolute atomic E-state index is 0.269. The molecule has 1 N–H and O–H groups in total. The molecule has 2 aromatic rings. The Balaban J connectivity index is 2.41. The monoisotopic (exact) mass is 282 g/mol. The molecule has 0 amide bonds. The first-order valence-electron chi connectivity index (χ1n) is 5.00. The quantitative estimate of drug-likeness (QED) is 0.864. The zero-order valence-corrected chi connectivity index (χ0v) is 11.3. The van der Waals surface area contributed by atoms with Crippen LogP contribution in [0.15, 0.2) is 37.6 Å². The maximum absolute atomic E-state index is 11.3. The van der Waals surface area contributed by atoms with Crippen LogP contribution in [0.25, 0.3) is 0 Å². The van der Waals surface area contributed by atoms with Crippen LogP contribution in [0.1, 0.15) is 16.2 Å². The van der Waals surface area contributed by atoms with Crippen molar-refractivity contribution in [3.63, 3.8) is 0 Å². The fourth-order valence-electron chi connectivity index (χ4n) is 1.39. The third-order valence-electron chi connectivity index (χ3n) is 2.13. The molecule has 0 radical (unpaired) electrons. The standard InChI is InChI=1S/C11H10N2O3S2/c1-6-12-13-11(16-6)18-8-5-3-4-7(17-2)9(8)10(14)15/h3-5H,1-2H3,(H,14,15). The zero-order valence-electron chi connectivity index (χ0n) is 9.71. The Hall–Kier alpha value is -1.47. The third-order valence-corrected chi connectivity index (χ3v) is 3.81. The average Bonchev–Trinajstić information content (AvgIpc) is 2.74. The molecular formula is C11H10N2O3S2. The molecule has 0 bridgehead atoms. The number of benzene rings is 1. The first kappa shape index (κ1) is 13.0. The summed E-state index contributed by atoms with van der Waals surface area (Å²) in [6.07, 6.45) is 1.84. The van der Waals surface area contributed by atoms with E-state index in [1.54, 1.807) is 19.1 Å². The van der Waals surface area contributed by atoms with Gasteiger partial charge in [-0.25, -0.2) is 4.79 Å². The van der Waals surface area contributed by atoms with Crippen LogP contribution in [0.4, 0.5) is 0 Å². The van der Waals surface area contributed by atoms with Gasteiger partial charge in [0.1, 0.15) is 0 Å². The molecule has 0 fully saturated rings. The number of aromatic nitrogens is 2. The van der Waals surface area contributed by atoms with Gasteiger partial charge in [-0.15, -0.1) is 22.0 Å². The van der Waals surface area contributed by atoms with E-state index < -0.39 is 5.97 Å². The lowest BCUT2D eigenvalue weighted by Gasteiger charge is -2.07. The minimum atomic E-state index is -0.960. The molecule has 5 nitrogen and oxygen atoms in total. The summed E-state index contributed by atoms with van der Waals surface area (Å²) in [5.41, 5.74) is 0.269. The number of thioether (sulfide) groups is 1. The van der Waals surface area contributed by atoms with Crippen molar-refractivity contribution in [1.82, 2.24) is 10.2 Å². The molecule has 0 spiro atoms. The smallest absolute Gasteiger partial charge is 0.337 e. The minimum Gasteiger partial charge on any atom is -0.478 e. The number of rotatable bonds is 4. The molecule has 1 heterocycles. The number of carbonyl (C=O) groups is 1. The predicted octanol–water partition coefficient (Wildman–Crippen LogP) is 2.95. The predicted molar refractivity (Wildman–Crippen MR) is 68.3 cm³/mol. The van der Waals surface area contributed by atoms with Crippen LogP contribution in [-0.2, 0) is 0 Å². The van der Waals surface area contributed by atoms with Crippen molar-refractivity contribution in [3.05, 3.63) is 29.7 Å². The molecule has 0 aliphatic carbocycles. The van der Waals surface area contributed by atoms with E-state index in [9.17, 15) is 9.90 Å². The fraction of sp³-hybridized carbons (Fsp3) is 0.182. The summed E-state index contributed by atoms with van der Waals surface area (Å²) in [5, 5.41) is 17.2. The highest BCUT2D eigenvalue weighted by Gasteiger charge is 2.17. The lowest BCUT2D eigenvalue weighted by molar-refractivity contribution is 0.0689. The normalized spacial score (nSPS) is 10.6. The largest absolute Gasteiger partial charge is 0.478 e. The lowest BCUT2D eigenvalue weighted by Crippen LogP contribution is -2.01. The summed E-state index contributed by atoms with van der Waals surface area (Å²) in [6.45, 7) is 1.69. The van der Waals surface area contributed by atoms with Gasteiger partial charge in [0.15, 0.2) is 0 Å². The fourth-order valence-corrected chi connectivity index (χ4v) is 2.95. The molecule has 1 aromatic heterocycles. The van der Waals surface area contributed by atoms with Gasteiger partial charge in [-0.2, -0.15) is 0 Å². The Labute approximate surface area is 112 Å². The van der Waals surface area contributed by atoms with Crippen LogP contribution >= 0.6 is 23.5 Å². The van der Waals surface area contributed by atoms with Crippen LogP contribution in [0.2, 0.25) is 0 Å². The summed E-state index contributed by atoms with van der Waals surface area (Å²) in [5.74, 6) is -0.505. The van der Waals surface area contributed by atoms with Crippen molar-refractivity contribution in [2.45, 2.75) is 21.9 Å². The Kier molecular flexibility index (Phi) is 3.93. The van der Waals surface area contributed by atoms with E-state index in [0.29, 0.717) is 20.9 Å². The number of carboxylic acids is 1. The Morgan fingerprint density at radius 2 is 2.06 bits per heavy atom. The Morgan fingerprint density at radius 1 is 1.33 bits per heavy atom. The van der Waals surface area contributed by atoms with Crippen LogP contribution in [0, 0.1) is 6.92 Å². The van der Waals surface area contributed by atoms with E-state index in [4.69, 9.17) is 4.42 Å². The van der Waals surface area contributed by atoms with Crippen LogP contribution in [0.5, 0.6) is 0 Å². The molecule has 7 heteroatoms. The second-order valence-corrected chi connectivity index (χ2v) is 5.17. The van der Waals surface area contributed by atoms with E-state index >= 15 is 0 Å². The number of hydrogen-bond donors (Lipinski definition) is 1. The Morgan fingerprint density at radius 3 is 2.61 bits per heavy atom. The lowest BCUT2D eigenvalue weighted by atomic mass is 10.2. The van der Waals surface area contributed by atoms with Crippen molar-refractivity contribution in [2.75, 3.05) is 6.26 Å². The summed E-state index contributed by atoms with van der Waals surface area (Å²) in [7, 11) is 0. The van der Waals surface area contributed by atoms with Gasteiger partial charge in [0, 0.05) is 16.7 Å². The van der Waals surface area contributed by atoms with E-state index in [-0.39, 0.29) is 5.56 Å². The van der Waals surface area contributed by atoms with E-state index in [2.05, 4.69) is 10.2 Å². The van der Waals surface area contributed by atoms with Gasteiger partial charge in [0.05, 0.1) is 5.56 Å². The molecule has 94 valence electrons. The average molecular weight is 282 g/mol. The van der Waals surface area contributed by atoms with Gasteiger partial charge in [-0.3, -0.25) is 0 Å². The second-order valence-electron chi connectivity index (χ2n) is 3.33. The summed E-state index contributed by atoms with van der Waals surface area (Å²) >= 11 is 2.55. The van der Waals surface area contributed by atoms with Gasteiger partial charge in [0.25, 0.3) is 5.22 Å². The summed E-state index contributed by atoms with van der Waals surface area (Å²) in [4.78, 5) is 12.6. The molecular weight excluding hydrogens is 272 g/mol. The maximum Gasteiger partial charge on any atom is 0.337 e. The molecule has 0 aliphatic rings. The van der Waals surface area contributed by atoms with Gasteiger partial charge in [0.2, 0.25) is 5.89 Å². The number of hydrogen-bond acceptors (Lipinski definition) is 6. The summed E-state index contributed by atoms with van der Waals surface area (Å²) in [6, 6.07) is 5.31. The van der Waals surface area contributed by atoms with Crippen molar-refractivity contribution in [1.29, 1.82) is 0 Å². The Bertz CT molecular complexity index is 583. The van der Waals surface area contributed by atoms with Crippen molar-refractivity contribution >= 4 is 29.5 Å². The van der Waals surface area contributed by atoms with Crippen molar-refractivity contribution < 1.29 is 14.3 Å². The molecule has 1 aromatic carbocycles. The molecule has 0 unspecified atom stereocenters. The third kappa shape index (κ3) is 2.68. The first-order valence-corrected chi connectivity index (χ1v) is 7.04. The summed E-state index contributed by atoms with van der Waals surface area (Å²) < 4.78 is 5.24. The van der Waals surface area contributed by atoms with E-state index in [0.717, 1.165) is 11.8 Å². The van der Waals surface area contributed by atoms with Crippen LogP contribution in [0.3, 0.4) is 0 Å². The SMILES string of the molecule is CSc1cccc(Sc2nnc(C)o2)c1C(=O)O. The molecule has 0 atom stereocenters. The topological polar surface area (TPSA) is 76.2 Å². The highest BCUT2D eigenvalue weighted by Crippen LogP contribution is 2.34. The first-order chi connectivity index (χ1) is 8.61. The van der Waals surface area contributed by atoms with Crippen molar-refractivity contribution in [2.24, 2.45) is 0 Å². The van der Waals surface area contributed by atoms with Gasteiger partial charge < -0.3 is 9.52 Å². The van der Waals surface area contributed by atoms with E-state index in [1.807, 2.05) is 12.3 Å². The zero-order chi connectivity index (χ0) is 13.1. The second kappa shape index (κ2) is 5.45. The van der Waals surface area contributed by atoms with Gasteiger partial charge >= 0.3 is 5.97 Å². The maximum atomic E-state index is 11.3. The van der Waals surface area contributed by atoms with Crippen LogP contribution < -0.4 is 0 Å². The van der Waals surface area contributed by atoms with Gasteiger partial charge in [-0.1, -0.05) is 6.07 Å². The number of aromatic carboxylic acids is 1. The number of aryl methyl sites for hydroxylation is 1. The molecule has 2 rings (SSSR count). The highest BCUT2D eigenvalue weighted by atomic mass is 32.2. The molecule has 18 heavy (non-hydrogen) atoms. The van der Waals surface area contributed by atoms with Crippen LogP contribution in [-0.4, -0.2) is 27.5 Å². The molecule has 0 saturated heterocycles. The van der Waals surface area contributed by atoms with Gasteiger partial charge in [-0.05, 0) is 30.2 Å². The molecule has 0 saturated carbocycles.